The number of ether oxygens (including phenoxy) is 2. The van der Waals surface area contributed by atoms with Crippen molar-refractivity contribution in [3.05, 3.63) is 86.4 Å². The van der Waals surface area contributed by atoms with Gasteiger partial charge in [-0.2, -0.15) is 0 Å². The van der Waals surface area contributed by atoms with Crippen LogP contribution in [0.4, 0.5) is 16.2 Å². The Bertz CT molecular complexity index is 1550. The Balaban J connectivity index is 1.58. The first-order valence-corrected chi connectivity index (χ1v) is 13.4. The lowest BCUT2D eigenvalue weighted by Crippen LogP contribution is -2.54. The van der Waals surface area contributed by atoms with E-state index >= 15 is 0 Å². The highest BCUT2D eigenvalue weighted by Gasteiger charge is 2.37. The molecule has 2 N–H and O–H groups in total. The largest absolute Gasteiger partial charge is 0.490 e. The molecule has 0 unspecified atom stereocenters. The summed E-state index contributed by atoms with van der Waals surface area (Å²) in [5, 5.41) is 5.33. The number of anilines is 2. The van der Waals surface area contributed by atoms with Crippen molar-refractivity contribution in [2.24, 2.45) is 0 Å². The number of barbiturate groups is 1. The number of benzene rings is 3. The quantitative estimate of drug-likeness (QED) is 0.241. The second kappa shape index (κ2) is 12.4. The van der Waals surface area contributed by atoms with Crippen molar-refractivity contribution >= 4 is 68.7 Å². The molecule has 0 saturated carbocycles. The van der Waals surface area contributed by atoms with Gasteiger partial charge >= 0.3 is 6.03 Å². The van der Waals surface area contributed by atoms with Crippen LogP contribution >= 0.6 is 27.5 Å². The smallest absolute Gasteiger partial charge is 0.335 e. The number of urea groups is 1. The van der Waals surface area contributed by atoms with E-state index in [-0.39, 0.29) is 41.9 Å². The highest BCUT2D eigenvalue weighted by Crippen LogP contribution is 2.38. The molecule has 1 fully saturated rings. The molecule has 9 nitrogen and oxygen atoms in total. The zero-order valence-electron chi connectivity index (χ0n) is 21.8. The number of hydrogen-bond donors (Lipinski definition) is 2. The van der Waals surface area contributed by atoms with E-state index in [0.29, 0.717) is 20.7 Å². The SMILES string of the molecule is CCOc1cc(/C=C2\C(=O)NC(=O)N(c3cccc(Cl)c3)C2=O)cc(Br)c1OCC(=O)Nc1ccc(C)cc1C. The van der Waals surface area contributed by atoms with E-state index in [1.807, 2.05) is 32.0 Å². The summed E-state index contributed by atoms with van der Waals surface area (Å²) in [6.45, 7) is 5.65. The van der Waals surface area contributed by atoms with Crippen LogP contribution in [0.5, 0.6) is 11.5 Å². The second-order valence-corrected chi connectivity index (χ2v) is 10.1. The number of hydrogen-bond acceptors (Lipinski definition) is 6. The molecule has 0 bridgehead atoms. The average molecular weight is 627 g/mol. The van der Waals surface area contributed by atoms with Crippen LogP contribution in [0.2, 0.25) is 5.02 Å². The Morgan fingerprint density at radius 2 is 1.85 bits per heavy atom. The van der Waals surface area contributed by atoms with Gasteiger partial charge in [0.2, 0.25) is 0 Å². The van der Waals surface area contributed by atoms with Crippen molar-refractivity contribution in [3.63, 3.8) is 0 Å². The lowest BCUT2D eigenvalue weighted by Gasteiger charge is -2.26. The molecular formula is C29H25BrClN3O6. The van der Waals surface area contributed by atoms with Gasteiger partial charge in [0.05, 0.1) is 16.8 Å². The minimum Gasteiger partial charge on any atom is -0.490 e. The van der Waals surface area contributed by atoms with Crippen LogP contribution in [0.1, 0.15) is 23.6 Å². The molecule has 1 aliphatic rings. The summed E-state index contributed by atoms with van der Waals surface area (Å²) in [6, 6.07) is 14.2. The van der Waals surface area contributed by atoms with Gasteiger partial charge in [0.1, 0.15) is 5.57 Å². The van der Waals surface area contributed by atoms with E-state index < -0.39 is 17.8 Å². The van der Waals surface area contributed by atoms with Crippen LogP contribution in [0.3, 0.4) is 0 Å². The van der Waals surface area contributed by atoms with Gasteiger partial charge in [-0.3, -0.25) is 19.7 Å². The highest BCUT2D eigenvalue weighted by molar-refractivity contribution is 9.10. The molecule has 40 heavy (non-hydrogen) atoms. The van der Waals surface area contributed by atoms with Crippen LogP contribution < -0.4 is 25.0 Å². The first kappa shape index (κ1) is 28.8. The molecule has 1 saturated heterocycles. The zero-order chi connectivity index (χ0) is 29.0. The maximum Gasteiger partial charge on any atom is 0.335 e. The van der Waals surface area contributed by atoms with Gasteiger partial charge in [0, 0.05) is 10.7 Å². The summed E-state index contributed by atoms with van der Waals surface area (Å²) in [5.41, 5.74) is 3.07. The number of nitrogens with one attached hydrogen (secondary N) is 2. The highest BCUT2D eigenvalue weighted by atomic mass is 79.9. The van der Waals surface area contributed by atoms with Gasteiger partial charge in [-0.25, -0.2) is 9.69 Å². The predicted octanol–water partition coefficient (Wildman–Crippen LogP) is 5.80. The maximum atomic E-state index is 13.2. The summed E-state index contributed by atoms with van der Waals surface area (Å²) in [5.74, 6) is -1.45. The van der Waals surface area contributed by atoms with Gasteiger partial charge in [-0.1, -0.05) is 35.4 Å². The summed E-state index contributed by atoms with van der Waals surface area (Å²) in [7, 11) is 0. The maximum absolute atomic E-state index is 13.2. The van der Waals surface area contributed by atoms with Crippen molar-refractivity contribution in [2.45, 2.75) is 20.8 Å². The number of aryl methyl sites for hydroxylation is 2. The summed E-state index contributed by atoms with van der Waals surface area (Å²) < 4.78 is 11.9. The van der Waals surface area contributed by atoms with Gasteiger partial charge in [-0.15, -0.1) is 0 Å². The molecule has 0 atom stereocenters. The average Bonchev–Trinajstić information content (AvgIpc) is 2.88. The van der Waals surface area contributed by atoms with Gasteiger partial charge in [-0.05, 0) is 90.3 Å². The van der Waals surface area contributed by atoms with E-state index in [2.05, 4.69) is 26.6 Å². The Morgan fingerprint density at radius 1 is 1.07 bits per heavy atom. The van der Waals surface area contributed by atoms with Crippen molar-refractivity contribution in [2.75, 3.05) is 23.4 Å². The Hall–Kier alpha value is -4.15. The van der Waals surface area contributed by atoms with Crippen molar-refractivity contribution in [3.8, 4) is 11.5 Å². The minimum atomic E-state index is -0.881. The van der Waals surface area contributed by atoms with Crippen LogP contribution in [-0.2, 0) is 14.4 Å². The zero-order valence-corrected chi connectivity index (χ0v) is 24.2. The van der Waals surface area contributed by atoms with Gasteiger partial charge < -0.3 is 14.8 Å². The van der Waals surface area contributed by atoms with Crippen LogP contribution in [0, 0.1) is 13.8 Å². The van der Waals surface area contributed by atoms with Crippen LogP contribution in [0.25, 0.3) is 6.08 Å². The number of halogens is 2. The summed E-state index contributed by atoms with van der Waals surface area (Å²) in [4.78, 5) is 51.7. The van der Waals surface area contributed by atoms with E-state index in [1.54, 1.807) is 31.2 Å². The topological polar surface area (TPSA) is 114 Å². The molecule has 4 rings (SSSR count). The fourth-order valence-corrected chi connectivity index (χ4v) is 4.78. The first-order chi connectivity index (χ1) is 19.1. The monoisotopic (exact) mass is 625 g/mol. The molecule has 206 valence electrons. The molecule has 5 amide bonds. The lowest BCUT2D eigenvalue weighted by atomic mass is 10.1. The molecular weight excluding hydrogens is 602 g/mol. The number of imide groups is 2. The molecule has 3 aromatic rings. The minimum absolute atomic E-state index is 0.215. The number of carbonyl (C=O) groups excluding carboxylic acids is 4. The molecule has 1 heterocycles. The van der Waals surface area contributed by atoms with Crippen LogP contribution in [-0.4, -0.2) is 37.0 Å². The van der Waals surface area contributed by atoms with E-state index in [4.69, 9.17) is 21.1 Å². The normalized spacial score (nSPS) is 14.3. The third-order valence-electron chi connectivity index (χ3n) is 5.81. The Kier molecular flexibility index (Phi) is 8.91. The number of carbonyl (C=O) groups is 4. The number of amides is 5. The molecule has 3 aromatic carbocycles. The summed E-state index contributed by atoms with van der Waals surface area (Å²) >= 11 is 9.46. The van der Waals surface area contributed by atoms with Gasteiger partial charge in [0.25, 0.3) is 17.7 Å². The standard InChI is InChI=1S/C29H25BrClN3O6/c1-4-39-24-13-18(11-21-27(36)33-29(38)34(28(21)37)20-7-5-6-19(31)14-20)12-22(30)26(24)40-15-25(35)32-23-9-8-16(2)10-17(23)3/h5-14H,4,15H2,1-3H3,(H,32,35)(H,33,36,38)/b21-11+. The number of nitrogens with zero attached hydrogens (tertiary/aromatic N) is 1. The molecule has 0 spiro atoms. The predicted molar refractivity (Wildman–Crippen MR) is 156 cm³/mol. The molecule has 11 heteroatoms. The second-order valence-electron chi connectivity index (χ2n) is 8.86. The lowest BCUT2D eigenvalue weighted by molar-refractivity contribution is -0.122. The van der Waals surface area contributed by atoms with Crippen molar-refractivity contribution in [1.82, 2.24) is 5.32 Å². The molecule has 0 radical (unpaired) electrons. The van der Waals surface area contributed by atoms with E-state index in [0.717, 1.165) is 16.0 Å². The molecule has 1 aliphatic heterocycles. The fourth-order valence-electron chi connectivity index (χ4n) is 4.03. The Morgan fingerprint density at radius 3 is 2.55 bits per heavy atom. The van der Waals surface area contributed by atoms with Crippen molar-refractivity contribution in [1.29, 1.82) is 0 Å². The van der Waals surface area contributed by atoms with Crippen molar-refractivity contribution < 1.29 is 28.7 Å². The Labute approximate surface area is 244 Å². The van der Waals surface area contributed by atoms with E-state index in [9.17, 15) is 19.2 Å². The number of rotatable bonds is 8. The molecule has 0 aromatic heterocycles. The third kappa shape index (κ3) is 6.52. The third-order valence-corrected chi connectivity index (χ3v) is 6.64. The van der Waals surface area contributed by atoms with E-state index in [1.165, 1.54) is 18.2 Å². The first-order valence-electron chi connectivity index (χ1n) is 12.2. The van der Waals surface area contributed by atoms with Crippen LogP contribution in [0.15, 0.2) is 64.6 Å². The fraction of sp³-hybridized carbons (Fsp3) is 0.172. The molecule has 0 aliphatic carbocycles. The van der Waals surface area contributed by atoms with Gasteiger partial charge in [0.15, 0.2) is 18.1 Å². The summed E-state index contributed by atoms with van der Waals surface area (Å²) in [6.07, 6.45) is 1.34.